The first-order valence-electron chi connectivity index (χ1n) is 6.60. The standard InChI is InChI=1S/C15H16N2O2/c18-15(19)13-9-17-14(16-8-7-10-5-6-10)12-4-2-1-3-11(12)13/h1-4,9-10H,5-8H2,(H,16,17)(H,18,19). The van der Waals surface area contributed by atoms with Crippen molar-refractivity contribution in [3.63, 3.8) is 0 Å². The van der Waals surface area contributed by atoms with Gasteiger partial charge in [0.25, 0.3) is 0 Å². The van der Waals surface area contributed by atoms with Crippen molar-refractivity contribution in [3.05, 3.63) is 36.0 Å². The maximum atomic E-state index is 11.2. The molecule has 4 heteroatoms. The summed E-state index contributed by atoms with van der Waals surface area (Å²) < 4.78 is 0. The summed E-state index contributed by atoms with van der Waals surface area (Å²) in [4.78, 5) is 15.4. The molecule has 0 atom stereocenters. The Balaban J connectivity index is 1.91. The van der Waals surface area contributed by atoms with E-state index in [0.29, 0.717) is 0 Å². The topological polar surface area (TPSA) is 62.2 Å². The maximum Gasteiger partial charge on any atom is 0.337 e. The normalized spacial score (nSPS) is 14.5. The number of anilines is 1. The lowest BCUT2D eigenvalue weighted by molar-refractivity contribution is 0.0698. The lowest BCUT2D eigenvalue weighted by Gasteiger charge is -2.10. The van der Waals surface area contributed by atoms with E-state index in [1.165, 1.54) is 19.0 Å². The van der Waals surface area contributed by atoms with E-state index in [0.717, 1.165) is 35.5 Å². The molecule has 0 saturated heterocycles. The molecule has 0 amide bonds. The van der Waals surface area contributed by atoms with Crippen molar-refractivity contribution in [2.24, 2.45) is 5.92 Å². The number of nitrogens with one attached hydrogen (secondary N) is 1. The molecule has 2 aromatic rings. The number of fused-ring (bicyclic) bond motifs is 1. The van der Waals surface area contributed by atoms with Crippen LogP contribution in [-0.4, -0.2) is 22.6 Å². The summed E-state index contributed by atoms with van der Waals surface area (Å²) in [6, 6.07) is 7.49. The fourth-order valence-corrected chi connectivity index (χ4v) is 2.31. The molecule has 1 aliphatic rings. The fraction of sp³-hybridized carbons (Fsp3) is 0.333. The summed E-state index contributed by atoms with van der Waals surface area (Å²) in [5, 5.41) is 14.1. The van der Waals surface area contributed by atoms with E-state index in [9.17, 15) is 9.90 Å². The van der Waals surface area contributed by atoms with Crippen molar-refractivity contribution in [2.75, 3.05) is 11.9 Å². The molecule has 1 heterocycles. The summed E-state index contributed by atoms with van der Waals surface area (Å²) in [7, 11) is 0. The Kier molecular flexibility index (Phi) is 3.07. The Morgan fingerprint density at radius 2 is 2.05 bits per heavy atom. The summed E-state index contributed by atoms with van der Waals surface area (Å²) >= 11 is 0. The summed E-state index contributed by atoms with van der Waals surface area (Å²) in [6.45, 7) is 0.897. The predicted molar refractivity (Wildman–Crippen MR) is 74.5 cm³/mol. The highest BCUT2D eigenvalue weighted by atomic mass is 16.4. The zero-order valence-corrected chi connectivity index (χ0v) is 10.6. The Morgan fingerprint density at radius 1 is 1.32 bits per heavy atom. The second kappa shape index (κ2) is 4.88. The van der Waals surface area contributed by atoms with Crippen molar-refractivity contribution >= 4 is 22.6 Å². The molecule has 0 aliphatic heterocycles. The van der Waals surface area contributed by atoms with Crippen molar-refractivity contribution < 1.29 is 9.90 Å². The van der Waals surface area contributed by atoms with Crippen molar-refractivity contribution in [1.29, 1.82) is 0 Å². The number of hydrogen-bond acceptors (Lipinski definition) is 3. The van der Waals surface area contributed by atoms with Crippen LogP contribution in [0, 0.1) is 5.92 Å². The molecule has 1 aromatic carbocycles. The third-order valence-electron chi connectivity index (χ3n) is 3.57. The van der Waals surface area contributed by atoms with Gasteiger partial charge in [-0.25, -0.2) is 9.78 Å². The van der Waals surface area contributed by atoms with Gasteiger partial charge in [-0.2, -0.15) is 0 Å². The van der Waals surface area contributed by atoms with Gasteiger partial charge in [-0.1, -0.05) is 37.1 Å². The molecule has 1 saturated carbocycles. The molecule has 0 radical (unpaired) electrons. The molecule has 3 rings (SSSR count). The third-order valence-corrected chi connectivity index (χ3v) is 3.57. The molecule has 19 heavy (non-hydrogen) atoms. The Morgan fingerprint density at radius 3 is 2.74 bits per heavy atom. The van der Waals surface area contributed by atoms with Gasteiger partial charge in [-0.3, -0.25) is 0 Å². The van der Waals surface area contributed by atoms with Gasteiger partial charge < -0.3 is 10.4 Å². The van der Waals surface area contributed by atoms with E-state index in [2.05, 4.69) is 10.3 Å². The van der Waals surface area contributed by atoms with Gasteiger partial charge >= 0.3 is 5.97 Å². The van der Waals surface area contributed by atoms with E-state index >= 15 is 0 Å². The first kappa shape index (κ1) is 12.0. The van der Waals surface area contributed by atoms with Crippen LogP contribution in [-0.2, 0) is 0 Å². The van der Waals surface area contributed by atoms with Gasteiger partial charge in [-0.05, 0) is 12.3 Å². The summed E-state index contributed by atoms with van der Waals surface area (Å²) in [5.74, 6) is 0.714. The minimum Gasteiger partial charge on any atom is -0.478 e. The largest absolute Gasteiger partial charge is 0.478 e. The van der Waals surface area contributed by atoms with Crippen LogP contribution < -0.4 is 5.32 Å². The summed E-state index contributed by atoms with van der Waals surface area (Å²) in [5.41, 5.74) is 0.253. The molecule has 1 aromatic heterocycles. The van der Waals surface area contributed by atoms with Crippen molar-refractivity contribution in [2.45, 2.75) is 19.3 Å². The number of aromatic nitrogens is 1. The average molecular weight is 256 g/mol. The molecule has 0 unspecified atom stereocenters. The SMILES string of the molecule is O=C(O)c1cnc(NCCC2CC2)c2ccccc12. The first-order valence-corrected chi connectivity index (χ1v) is 6.60. The maximum absolute atomic E-state index is 11.2. The molecule has 4 nitrogen and oxygen atoms in total. The first-order chi connectivity index (χ1) is 9.25. The van der Waals surface area contributed by atoms with Gasteiger partial charge in [0.15, 0.2) is 0 Å². The molecule has 2 N–H and O–H groups in total. The van der Waals surface area contributed by atoms with Crippen LogP contribution >= 0.6 is 0 Å². The molecule has 0 bridgehead atoms. The molecular formula is C15H16N2O2. The highest BCUT2D eigenvalue weighted by Gasteiger charge is 2.20. The lowest BCUT2D eigenvalue weighted by Crippen LogP contribution is -2.06. The second-order valence-electron chi connectivity index (χ2n) is 5.03. The highest BCUT2D eigenvalue weighted by molar-refractivity contribution is 6.06. The van der Waals surface area contributed by atoms with E-state index in [1.807, 2.05) is 24.3 Å². The number of benzene rings is 1. The van der Waals surface area contributed by atoms with E-state index in [4.69, 9.17) is 0 Å². The zero-order chi connectivity index (χ0) is 13.2. The molecule has 1 fully saturated rings. The van der Waals surface area contributed by atoms with Crippen LogP contribution in [0.2, 0.25) is 0 Å². The Labute approximate surface area is 111 Å². The number of carboxylic acids is 1. The minimum absolute atomic E-state index is 0.253. The molecular weight excluding hydrogens is 240 g/mol. The van der Waals surface area contributed by atoms with E-state index in [-0.39, 0.29) is 5.56 Å². The lowest BCUT2D eigenvalue weighted by atomic mass is 10.1. The fourth-order valence-electron chi connectivity index (χ4n) is 2.31. The summed E-state index contributed by atoms with van der Waals surface area (Å²) in [6.07, 6.45) is 5.28. The predicted octanol–water partition coefficient (Wildman–Crippen LogP) is 3.15. The number of carboxylic acid groups (broad SMARTS) is 1. The highest BCUT2D eigenvalue weighted by Crippen LogP contribution is 2.32. The van der Waals surface area contributed by atoms with Crippen LogP contribution in [0.25, 0.3) is 10.8 Å². The molecule has 1 aliphatic carbocycles. The smallest absolute Gasteiger partial charge is 0.337 e. The second-order valence-corrected chi connectivity index (χ2v) is 5.03. The van der Waals surface area contributed by atoms with Crippen molar-refractivity contribution in [3.8, 4) is 0 Å². The van der Waals surface area contributed by atoms with Gasteiger partial charge in [0.2, 0.25) is 0 Å². The number of rotatable bonds is 5. The van der Waals surface area contributed by atoms with E-state index in [1.54, 1.807) is 0 Å². The van der Waals surface area contributed by atoms with Gasteiger partial charge in [-0.15, -0.1) is 0 Å². The quantitative estimate of drug-likeness (QED) is 0.862. The molecule has 98 valence electrons. The average Bonchev–Trinajstić information content (AvgIpc) is 3.22. The van der Waals surface area contributed by atoms with Gasteiger partial charge in [0, 0.05) is 23.5 Å². The van der Waals surface area contributed by atoms with Crippen LogP contribution in [0.5, 0.6) is 0 Å². The van der Waals surface area contributed by atoms with Crippen LogP contribution in [0.4, 0.5) is 5.82 Å². The van der Waals surface area contributed by atoms with Gasteiger partial charge in [0.1, 0.15) is 5.82 Å². The van der Waals surface area contributed by atoms with E-state index < -0.39 is 5.97 Å². The minimum atomic E-state index is -0.937. The molecule has 0 spiro atoms. The van der Waals surface area contributed by atoms with Crippen LogP contribution in [0.15, 0.2) is 30.5 Å². The van der Waals surface area contributed by atoms with Gasteiger partial charge in [0.05, 0.1) is 5.56 Å². The van der Waals surface area contributed by atoms with Crippen LogP contribution in [0.1, 0.15) is 29.6 Å². The monoisotopic (exact) mass is 256 g/mol. The number of carbonyl (C=O) groups is 1. The zero-order valence-electron chi connectivity index (χ0n) is 10.6. The van der Waals surface area contributed by atoms with Crippen molar-refractivity contribution in [1.82, 2.24) is 4.98 Å². The third kappa shape index (κ3) is 2.52. The van der Waals surface area contributed by atoms with Crippen LogP contribution in [0.3, 0.4) is 0 Å². The number of pyridine rings is 1. The Hall–Kier alpha value is -2.10. The number of hydrogen-bond donors (Lipinski definition) is 2. The Bertz CT molecular complexity index is 621. The number of aromatic carboxylic acids is 1. The number of nitrogens with zero attached hydrogens (tertiary/aromatic N) is 1.